The van der Waals surface area contributed by atoms with Crippen LogP contribution in [0.5, 0.6) is 0 Å². The van der Waals surface area contributed by atoms with Crippen molar-refractivity contribution in [3.63, 3.8) is 0 Å². The van der Waals surface area contributed by atoms with E-state index in [0.717, 1.165) is 0 Å². The van der Waals surface area contributed by atoms with Crippen LogP contribution in [0, 0.1) is 0 Å². The second-order valence-corrected chi connectivity index (χ2v) is 5.03. The molecule has 0 amide bonds. The normalized spacial score (nSPS) is 12.9. The van der Waals surface area contributed by atoms with Crippen LogP contribution in [-0.4, -0.2) is 16.6 Å². The molecule has 1 atom stereocenters. The number of nitrogens with one attached hydrogen (secondary N) is 1. The summed E-state index contributed by atoms with van der Waals surface area (Å²) < 4.78 is 3.91. The quantitative estimate of drug-likeness (QED) is 0.672. The van der Waals surface area contributed by atoms with Crippen LogP contribution in [0.2, 0.25) is 0 Å². The Bertz CT molecular complexity index is 249. The van der Waals surface area contributed by atoms with Gasteiger partial charge in [-0.1, -0.05) is 49.9 Å². The highest BCUT2D eigenvalue weighted by Gasteiger charge is 2.10. The average molecular weight is 241 g/mol. The minimum Gasteiger partial charge on any atom is -0.312 e. The van der Waals surface area contributed by atoms with Gasteiger partial charge < -0.3 is 5.32 Å². The summed E-state index contributed by atoms with van der Waals surface area (Å²) in [5.74, 6) is 0. The summed E-state index contributed by atoms with van der Waals surface area (Å²) in [6, 6.07) is 0.450. The molecule has 0 aliphatic carbocycles. The summed E-state index contributed by atoms with van der Waals surface area (Å²) in [6.45, 7) is 2.26. The van der Waals surface area contributed by atoms with Crippen molar-refractivity contribution in [3.05, 3.63) is 11.1 Å². The van der Waals surface area contributed by atoms with E-state index in [1.165, 1.54) is 61.4 Å². The lowest BCUT2D eigenvalue weighted by molar-refractivity contribution is 0.503. The van der Waals surface area contributed by atoms with E-state index in [9.17, 15) is 0 Å². The van der Waals surface area contributed by atoms with Crippen LogP contribution in [0.4, 0.5) is 0 Å². The van der Waals surface area contributed by atoms with Gasteiger partial charge in [-0.2, -0.15) is 0 Å². The maximum absolute atomic E-state index is 3.91. The third kappa shape index (κ3) is 5.03. The number of rotatable bonds is 9. The molecule has 1 N–H and O–H groups in total. The Labute approximate surface area is 103 Å². The predicted molar refractivity (Wildman–Crippen MR) is 69.7 cm³/mol. The van der Waals surface area contributed by atoms with Crippen molar-refractivity contribution in [3.8, 4) is 0 Å². The van der Waals surface area contributed by atoms with Gasteiger partial charge in [0, 0.05) is 6.04 Å². The molecule has 4 heteroatoms. The molecule has 3 nitrogen and oxygen atoms in total. The topological polar surface area (TPSA) is 37.8 Å². The molecule has 0 aromatic carbocycles. The molecule has 0 aliphatic rings. The fourth-order valence-corrected chi connectivity index (χ4v) is 2.53. The van der Waals surface area contributed by atoms with Crippen LogP contribution in [0.3, 0.4) is 0 Å². The van der Waals surface area contributed by atoms with E-state index in [1.54, 1.807) is 0 Å². The Kier molecular flexibility index (Phi) is 7.34. The highest BCUT2D eigenvalue weighted by Crippen LogP contribution is 2.21. The Hall–Kier alpha value is -0.480. The fourth-order valence-electron chi connectivity index (χ4n) is 1.89. The van der Waals surface area contributed by atoms with Crippen molar-refractivity contribution in [1.82, 2.24) is 14.9 Å². The molecule has 1 aromatic rings. The summed E-state index contributed by atoms with van der Waals surface area (Å²) in [7, 11) is 2.02. The lowest BCUT2D eigenvalue weighted by atomic mass is 10.1. The van der Waals surface area contributed by atoms with Gasteiger partial charge in [0.25, 0.3) is 0 Å². The standard InChI is InChI=1S/C12H23N3S/c1-3-4-5-6-7-8-9-11(13-2)12-10-14-15-16-12/h10-11,13H,3-9H2,1-2H3. The first kappa shape index (κ1) is 13.6. The van der Waals surface area contributed by atoms with Crippen molar-refractivity contribution in [2.45, 2.75) is 57.9 Å². The minimum absolute atomic E-state index is 0.450. The van der Waals surface area contributed by atoms with Gasteiger partial charge in [0.1, 0.15) is 0 Å². The monoisotopic (exact) mass is 241 g/mol. The zero-order valence-corrected chi connectivity index (χ0v) is 11.2. The van der Waals surface area contributed by atoms with Gasteiger partial charge in [-0.25, -0.2) is 0 Å². The second-order valence-electron chi connectivity index (χ2n) is 4.22. The molecular weight excluding hydrogens is 218 g/mol. The Morgan fingerprint density at radius 1 is 1.25 bits per heavy atom. The largest absolute Gasteiger partial charge is 0.312 e. The molecule has 0 saturated heterocycles. The molecular formula is C12H23N3S. The van der Waals surface area contributed by atoms with E-state index in [0.29, 0.717) is 6.04 Å². The Balaban J connectivity index is 2.11. The molecule has 0 aliphatic heterocycles. The molecule has 1 unspecified atom stereocenters. The Morgan fingerprint density at radius 2 is 2.00 bits per heavy atom. The van der Waals surface area contributed by atoms with Crippen molar-refractivity contribution < 1.29 is 0 Å². The van der Waals surface area contributed by atoms with E-state index in [-0.39, 0.29) is 0 Å². The van der Waals surface area contributed by atoms with E-state index in [2.05, 4.69) is 21.8 Å². The number of unbranched alkanes of at least 4 members (excludes halogenated alkanes) is 5. The van der Waals surface area contributed by atoms with Crippen LogP contribution in [0.15, 0.2) is 6.20 Å². The van der Waals surface area contributed by atoms with Crippen molar-refractivity contribution in [2.75, 3.05) is 7.05 Å². The molecule has 0 saturated carbocycles. The van der Waals surface area contributed by atoms with Gasteiger partial charge in [-0.3, -0.25) is 0 Å². The number of nitrogens with zero attached hydrogens (tertiary/aromatic N) is 2. The molecule has 1 rings (SSSR count). The van der Waals surface area contributed by atoms with Gasteiger partial charge in [-0.05, 0) is 25.0 Å². The van der Waals surface area contributed by atoms with Crippen molar-refractivity contribution >= 4 is 11.5 Å². The van der Waals surface area contributed by atoms with Gasteiger partial charge >= 0.3 is 0 Å². The zero-order valence-electron chi connectivity index (χ0n) is 10.4. The van der Waals surface area contributed by atoms with E-state index in [4.69, 9.17) is 0 Å². The second kappa shape index (κ2) is 8.65. The van der Waals surface area contributed by atoms with Gasteiger partial charge in [0.15, 0.2) is 0 Å². The number of hydrogen-bond acceptors (Lipinski definition) is 4. The van der Waals surface area contributed by atoms with Crippen molar-refractivity contribution in [1.29, 1.82) is 0 Å². The average Bonchev–Trinajstić information content (AvgIpc) is 2.82. The van der Waals surface area contributed by atoms with E-state index >= 15 is 0 Å². The molecule has 16 heavy (non-hydrogen) atoms. The maximum atomic E-state index is 3.91. The molecule has 0 spiro atoms. The van der Waals surface area contributed by atoms with E-state index in [1.807, 2.05) is 13.2 Å². The van der Waals surface area contributed by atoms with Crippen molar-refractivity contribution in [2.24, 2.45) is 0 Å². The zero-order chi connectivity index (χ0) is 11.6. The first-order valence-corrected chi connectivity index (χ1v) is 7.10. The van der Waals surface area contributed by atoms with Crippen LogP contribution < -0.4 is 5.32 Å². The summed E-state index contributed by atoms with van der Waals surface area (Å²) in [4.78, 5) is 1.26. The predicted octanol–water partition coefficient (Wildman–Crippen LogP) is 3.55. The van der Waals surface area contributed by atoms with Gasteiger partial charge in [0.2, 0.25) is 0 Å². The first-order valence-electron chi connectivity index (χ1n) is 6.33. The van der Waals surface area contributed by atoms with Crippen LogP contribution in [-0.2, 0) is 0 Å². The number of aromatic nitrogens is 2. The summed E-state index contributed by atoms with van der Waals surface area (Å²) in [5, 5.41) is 7.23. The fraction of sp³-hybridized carbons (Fsp3) is 0.833. The first-order chi connectivity index (χ1) is 7.88. The van der Waals surface area contributed by atoms with Gasteiger partial charge in [0.05, 0.1) is 11.1 Å². The summed E-state index contributed by atoms with van der Waals surface area (Å²) in [5.41, 5.74) is 0. The molecule has 0 bridgehead atoms. The van der Waals surface area contributed by atoms with Gasteiger partial charge in [-0.15, -0.1) is 5.10 Å². The number of hydrogen-bond donors (Lipinski definition) is 1. The molecule has 1 aromatic heterocycles. The highest BCUT2D eigenvalue weighted by atomic mass is 32.1. The lowest BCUT2D eigenvalue weighted by Crippen LogP contribution is -2.14. The molecule has 0 radical (unpaired) electrons. The van der Waals surface area contributed by atoms with Crippen LogP contribution in [0.1, 0.15) is 62.8 Å². The smallest absolute Gasteiger partial charge is 0.0669 e. The summed E-state index contributed by atoms with van der Waals surface area (Å²) >= 11 is 1.50. The third-order valence-electron chi connectivity index (χ3n) is 2.92. The Morgan fingerprint density at radius 3 is 2.62 bits per heavy atom. The van der Waals surface area contributed by atoms with Crippen LogP contribution >= 0.6 is 11.5 Å². The third-order valence-corrected chi connectivity index (χ3v) is 3.69. The van der Waals surface area contributed by atoms with Crippen LogP contribution in [0.25, 0.3) is 0 Å². The minimum atomic E-state index is 0.450. The summed E-state index contributed by atoms with van der Waals surface area (Å²) in [6.07, 6.45) is 11.2. The highest BCUT2D eigenvalue weighted by molar-refractivity contribution is 7.05. The SMILES string of the molecule is CCCCCCCCC(NC)c1cnns1. The lowest BCUT2D eigenvalue weighted by Gasteiger charge is -2.12. The molecule has 1 heterocycles. The molecule has 0 fully saturated rings. The molecule has 92 valence electrons. The van der Waals surface area contributed by atoms with E-state index < -0.39 is 0 Å². The maximum Gasteiger partial charge on any atom is 0.0669 e.